The van der Waals surface area contributed by atoms with Crippen molar-refractivity contribution in [2.75, 3.05) is 25.6 Å². The normalized spacial score (nSPS) is 14.1. The van der Waals surface area contributed by atoms with Crippen LogP contribution in [0.5, 0.6) is 5.75 Å². The van der Waals surface area contributed by atoms with Gasteiger partial charge in [0.05, 0.1) is 13.7 Å². The van der Waals surface area contributed by atoms with Gasteiger partial charge >= 0.3 is 5.97 Å². The number of carbonyl (C=O) groups is 1. The third kappa shape index (κ3) is 5.61. The Balaban J connectivity index is 1.74. The van der Waals surface area contributed by atoms with Gasteiger partial charge in [-0.2, -0.15) is 0 Å². The van der Waals surface area contributed by atoms with E-state index in [1.807, 2.05) is 37.3 Å². The molecule has 0 aliphatic carbocycles. The molecule has 0 amide bonds. The Morgan fingerprint density at radius 2 is 1.90 bits per heavy atom. The summed E-state index contributed by atoms with van der Waals surface area (Å²) in [5.74, 6) is 0.504. The number of methoxy groups -OCH3 is 1. The van der Waals surface area contributed by atoms with E-state index in [2.05, 4.69) is 30.4 Å². The summed E-state index contributed by atoms with van der Waals surface area (Å²) in [6.45, 7) is 5.46. The van der Waals surface area contributed by atoms with Gasteiger partial charge in [0.2, 0.25) is 0 Å². The molecule has 5 heteroatoms. The zero-order valence-electron chi connectivity index (χ0n) is 17.4. The molecule has 29 heavy (non-hydrogen) atoms. The molecule has 0 bridgehead atoms. The van der Waals surface area contributed by atoms with Gasteiger partial charge in [0.1, 0.15) is 5.75 Å². The second-order valence-electron chi connectivity index (χ2n) is 7.07. The summed E-state index contributed by atoms with van der Waals surface area (Å²) in [6.07, 6.45) is 4.42. The Hall–Kier alpha value is -2.79. The summed E-state index contributed by atoms with van der Waals surface area (Å²) in [7, 11) is 1.41. The first-order valence-electron chi connectivity index (χ1n) is 10.2. The molecule has 0 fully saturated rings. The van der Waals surface area contributed by atoms with Gasteiger partial charge in [-0.3, -0.25) is 0 Å². The molecule has 1 unspecified atom stereocenters. The van der Waals surface area contributed by atoms with Gasteiger partial charge in [-0.1, -0.05) is 31.5 Å². The average molecular weight is 395 g/mol. The number of ether oxygens (including phenoxy) is 3. The van der Waals surface area contributed by atoms with Crippen molar-refractivity contribution in [3.05, 3.63) is 53.6 Å². The molecule has 1 heterocycles. The molecule has 0 radical (unpaired) electrons. The van der Waals surface area contributed by atoms with Crippen LogP contribution in [-0.2, 0) is 14.3 Å². The molecule has 2 aromatic rings. The Bertz CT molecular complexity index is 858. The van der Waals surface area contributed by atoms with E-state index >= 15 is 0 Å². The van der Waals surface area contributed by atoms with Crippen molar-refractivity contribution in [1.29, 1.82) is 0 Å². The zero-order chi connectivity index (χ0) is 20.6. The molecular weight excluding hydrogens is 366 g/mol. The summed E-state index contributed by atoms with van der Waals surface area (Å²) in [6, 6.07) is 14.2. The van der Waals surface area contributed by atoms with Crippen molar-refractivity contribution in [2.45, 2.75) is 39.4 Å². The van der Waals surface area contributed by atoms with E-state index in [1.54, 1.807) is 0 Å². The van der Waals surface area contributed by atoms with Crippen LogP contribution in [0.4, 0.5) is 5.69 Å². The van der Waals surface area contributed by atoms with E-state index in [-0.39, 0.29) is 12.3 Å². The van der Waals surface area contributed by atoms with Crippen LogP contribution < -0.4 is 10.1 Å². The summed E-state index contributed by atoms with van der Waals surface area (Å²) in [5.41, 5.74) is 4.84. The monoisotopic (exact) mass is 395 g/mol. The summed E-state index contributed by atoms with van der Waals surface area (Å²) in [5, 5.41) is 3.37. The molecule has 0 saturated heterocycles. The Morgan fingerprint density at radius 3 is 2.62 bits per heavy atom. The molecule has 1 atom stereocenters. The van der Waals surface area contributed by atoms with Crippen molar-refractivity contribution in [2.24, 2.45) is 0 Å². The van der Waals surface area contributed by atoms with Gasteiger partial charge in [-0.15, -0.1) is 0 Å². The lowest BCUT2D eigenvalue weighted by molar-refractivity contribution is -0.136. The van der Waals surface area contributed by atoms with Gasteiger partial charge in [0.25, 0.3) is 0 Å². The van der Waals surface area contributed by atoms with Gasteiger partial charge in [0.15, 0.2) is 6.29 Å². The molecule has 5 nitrogen and oxygen atoms in total. The van der Waals surface area contributed by atoms with Crippen molar-refractivity contribution in [1.82, 2.24) is 0 Å². The van der Waals surface area contributed by atoms with Crippen LogP contribution in [0.3, 0.4) is 0 Å². The molecular formula is C24H29NO4. The minimum atomic E-state index is -0.276. The fraction of sp³-hybridized carbons (Fsp3) is 0.375. The van der Waals surface area contributed by atoms with Crippen LogP contribution in [0.1, 0.15) is 38.7 Å². The molecule has 154 valence electrons. The molecule has 1 aliphatic heterocycles. The topological polar surface area (TPSA) is 56.8 Å². The molecule has 0 aromatic heterocycles. The van der Waals surface area contributed by atoms with Gasteiger partial charge < -0.3 is 19.5 Å². The van der Waals surface area contributed by atoms with Gasteiger partial charge in [-0.25, -0.2) is 4.79 Å². The molecule has 0 spiro atoms. The minimum Gasteiger partial charge on any atom is -0.466 e. The highest BCUT2D eigenvalue weighted by atomic mass is 16.7. The Morgan fingerprint density at radius 1 is 1.14 bits per heavy atom. The smallest absolute Gasteiger partial charge is 0.333 e. The third-order valence-electron chi connectivity index (χ3n) is 4.88. The number of benzene rings is 2. The third-order valence-corrected chi connectivity index (χ3v) is 4.88. The molecule has 2 aromatic carbocycles. The standard InChI is InChI=1S/C24H29NO4/c1-4-5-14-28-17(2)29-22-9-6-18(7-10-22)19-8-11-23-21(15-19)16-20(12-13-25-23)24(26)27-3/h6-11,15-17,25H,4-5,12-14H2,1-3H3. The van der Waals surface area contributed by atoms with Crippen molar-refractivity contribution >= 4 is 17.7 Å². The number of unbranched alkanes of at least 4 members (excludes halogenated alkanes) is 1. The van der Waals surface area contributed by atoms with E-state index in [1.165, 1.54) is 7.11 Å². The van der Waals surface area contributed by atoms with E-state index < -0.39 is 0 Å². The molecule has 1 N–H and O–H groups in total. The van der Waals surface area contributed by atoms with Crippen molar-refractivity contribution < 1.29 is 19.0 Å². The van der Waals surface area contributed by atoms with Gasteiger partial charge in [0, 0.05) is 17.8 Å². The fourth-order valence-corrected chi connectivity index (χ4v) is 3.25. The highest BCUT2D eigenvalue weighted by Gasteiger charge is 2.15. The van der Waals surface area contributed by atoms with Crippen LogP contribution in [0.15, 0.2) is 48.0 Å². The van der Waals surface area contributed by atoms with Crippen LogP contribution in [-0.4, -0.2) is 32.5 Å². The predicted octanol–water partition coefficient (Wildman–Crippen LogP) is 5.27. The van der Waals surface area contributed by atoms with Crippen LogP contribution in [0, 0.1) is 0 Å². The largest absolute Gasteiger partial charge is 0.466 e. The number of nitrogens with one attached hydrogen (secondary N) is 1. The van der Waals surface area contributed by atoms with Crippen molar-refractivity contribution in [3.63, 3.8) is 0 Å². The fourth-order valence-electron chi connectivity index (χ4n) is 3.25. The average Bonchev–Trinajstić information content (AvgIpc) is 2.96. The number of carbonyl (C=O) groups excluding carboxylic acids is 1. The van der Waals surface area contributed by atoms with Crippen LogP contribution in [0.2, 0.25) is 0 Å². The van der Waals surface area contributed by atoms with E-state index in [0.29, 0.717) is 25.1 Å². The summed E-state index contributed by atoms with van der Waals surface area (Å²) >= 11 is 0. The first kappa shape index (κ1) is 20.9. The number of anilines is 1. The maximum Gasteiger partial charge on any atom is 0.333 e. The van der Waals surface area contributed by atoms with E-state index in [4.69, 9.17) is 14.2 Å². The molecule has 3 rings (SSSR count). The lowest BCUT2D eigenvalue weighted by atomic mass is 10.0. The summed E-state index contributed by atoms with van der Waals surface area (Å²) in [4.78, 5) is 12.0. The first-order valence-corrected chi connectivity index (χ1v) is 10.2. The number of rotatable bonds is 8. The predicted molar refractivity (Wildman–Crippen MR) is 116 cm³/mol. The number of hydrogen-bond donors (Lipinski definition) is 1. The second-order valence-corrected chi connectivity index (χ2v) is 7.07. The Labute approximate surface area is 172 Å². The first-order chi connectivity index (χ1) is 14.1. The number of fused-ring (bicyclic) bond motifs is 1. The maximum absolute atomic E-state index is 12.0. The van der Waals surface area contributed by atoms with Gasteiger partial charge in [-0.05, 0) is 66.8 Å². The number of hydrogen-bond acceptors (Lipinski definition) is 5. The minimum absolute atomic E-state index is 0.271. The lowest BCUT2D eigenvalue weighted by Crippen LogP contribution is -2.16. The molecule has 1 aliphatic rings. The van der Waals surface area contributed by atoms with Crippen LogP contribution in [0.25, 0.3) is 17.2 Å². The summed E-state index contributed by atoms with van der Waals surface area (Å²) < 4.78 is 16.4. The zero-order valence-corrected chi connectivity index (χ0v) is 17.4. The molecule has 0 saturated carbocycles. The highest BCUT2D eigenvalue weighted by molar-refractivity contribution is 5.95. The van der Waals surface area contributed by atoms with E-state index in [0.717, 1.165) is 41.0 Å². The number of esters is 1. The maximum atomic E-state index is 12.0. The highest BCUT2D eigenvalue weighted by Crippen LogP contribution is 2.30. The quantitative estimate of drug-likeness (QED) is 0.375. The van der Waals surface area contributed by atoms with Crippen molar-refractivity contribution in [3.8, 4) is 16.9 Å². The lowest BCUT2D eigenvalue weighted by Gasteiger charge is -2.15. The van der Waals surface area contributed by atoms with E-state index in [9.17, 15) is 4.79 Å². The SMILES string of the molecule is CCCCOC(C)Oc1ccc(-c2ccc3c(c2)C=C(C(=O)OC)CCN3)cc1. The second kappa shape index (κ2) is 10.1. The van der Waals surface area contributed by atoms with Crippen LogP contribution >= 0.6 is 0 Å². The Kier molecular flexibility index (Phi) is 7.30.